The summed E-state index contributed by atoms with van der Waals surface area (Å²) in [6, 6.07) is 3.57. The molecule has 1 saturated carbocycles. The van der Waals surface area contributed by atoms with Crippen LogP contribution in [-0.2, 0) is 0 Å². The van der Waals surface area contributed by atoms with Crippen LogP contribution >= 0.6 is 23.2 Å². The van der Waals surface area contributed by atoms with Crippen molar-refractivity contribution < 1.29 is 4.84 Å². The van der Waals surface area contributed by atoms with Crippen molar-refractivity contribution in [3.8, 4) is 0 Å². The summed E-state index contributed by atoms with van der Waals surface area (Å²) in [6.45, 7) is 0. The Balaban J connectivity index is 1.86. The Bertz CT molecular complexity index is 577. The lowest BCUT2D eigenvalue weighted by Gasteiger charge is -2.15. The minimum absolute atomic E-state index is 0.210. The predicted octanol–water partition coefficient (Wildman–Crippen LogP) is 3.89. The first-order valence-electron chi connectivity index (χ1n) is 6.62. The van der Waals surface area contributed by atoms with E-state index in [2.05, 4.69) is 10.3 Å². The van der Waals surface area contributed by atoms with E-state index >= 15 is 0 Å². The summed E-state index contributed by atoms with van der Waals surface area (Å²) < 4.78 is 0. The first kappa shape index (κ1) is 13.0. The molecule has 0 amide bonds. The van der Waals surface area contributed by atoms with E-state index in [1.165, 1.54) is 30.5 Å². The third-order valence-electron chi connectivity index (χ3n) is 3.53. The van der Waals surface area contributed by atoms with E-state index in [9.17, 15) is 0 Å². The average Bonchev–Trinajstić information content (AvgIpc) is 2.63. The van der Waals surface area contributed by atoms with Crippen molar-refractivity contribution in [2.75, 3.05) is 0 Å². The van der Waals surface area contributed by atoms with E-state index in [-0.39, 0.29) is 6.10 Å². The Hall–Kier alpha value is -1.00. The highest BCUT2D eigenvalue weighted by Crippen LogP contribution is 2.29. The largest absolute Gasteiger partial charge is 0.392 e. The molecule has 1 heterocycles. The molecule has 19 heavy (non-hydrogen) atoms. The summed E-state index contributed by atoms with van der Waals surface area (Å²) in [5, 5.41) is 8.97. The Morgan fingerprint density at radius 3 is 2.58 bits per heavy atom. The molecule has 1 fully saturated rings. The van der Waals surface area contributed by atoms with E-state index < -0.39 is 0 Å². The van der Waals surface area contributed by atoms with E-state index in [0.29, 0.717) is 15.6 Å². The molecule has 1 aromatic carbocycles. The topological polar surface area (TPSA) is 39.9 Å². The SMILES string of the molecule is Clc1ccc2c(nnn2OC2CCCCCC2)c1Cl. The molecule has 0 radical (unpaired) electrons. The van der Waals surface area contributed by atoms with Crippen molar-refractivity contribution in [1.29, 1.82) is 0 Å². The fourth-order valence-electron chi connectivity index (χ4n) is 2.48. The maximum atomic E-state index is 6.10. The number of fused-ring (bicyclic) bond motifs is 1. The molecular weight excluding hydrogens is 285 g/mol. The van der Waals surface area contributed by atoms with Gasteiger partial charge in [0.05, 0.1) is 10.0 Å². The zero-order valence-corrected chi connectivity index (χ0v) is 12.0. The highest BCUT2D eigenvalue weighted by atomic mass is 35.5. The summed E-state index contributed by atoms with van der Waals surface area (Å²) in [5.41, 5.74) is 1.35. The van der Waals surface area contributed by atoms with Crippen molar-refractivity contribution in [3.63, 3.8) is 0 Å². The highest BCUT2D eigenvalue weighted by Gasteiger charge is 2.17. The van der Waals surface area contributed by atoms with E-state index in [1.807, 2.05) is 6.07 Å². The van der Waals surface area contributed by atoms with Crippen LogP contribution in [0.4, 0.5) is 0 Å². The van der Waals surface area contributed by atoms with Crippen LogP contribution in [0.25, 0.3) is 11.0 Å². The maximum absolute atomic E-state index is 6.10. The molecule has 2 aromatic rings. The van der Waals surface area contributed by atoms with Gasteiger partial charge in [-0.15, -0.1) is 5.10 Å². The molecule has 1 aliphatic rings. The summed E-state index contributed by atoms with van der Waals surface area (Å²) in [5.74, 6) is 0. The molecule has 0 unspecified atom stereocenters. The van der Waals surface area contributed by atoms with Crippen molar-refractivity contribution in [2.45, 2.75) is 44.6 Å². The lowest BCUT2D eigenvalue weighted by atomic mass is 10.2. The molecule has 0 saturated heterocycles. The van der Waals surface area contributed by atoms with Gasteiger partial charge in [-0.3, -0.25) is 0 Å². The summed E-state index contributed by atoms with van der Waals surface area (Å²) in [6.07, 6.45) is 7.36. The fraction of sp³-hybridized carbons (Fsp3) is 0.538. The first-order valence-corrected chi connectivity index (χ1v) is 7.38. The van der Waals surface area contributed by atoms with Crippen LogP contribution in [0, 0.1) is 0 Å². The van der Waals surface area contributed by atoms with E-state index in [0.717, 1.165) is 18.4 Å². The highest BCUT2D eigenvalue weighted by molar-refractivity contribution is 6.44. The van der Waals surface area contributed by atoms with Gasteiger partial charge >= 0.3 is 0 Å². The molecule has 0 atom stereocenters. The molecule has 0 spiro atoms. The van der Waals surface area contributed by atoms with Crippen molar-refractivity contribution >= 4 is 34.2 Å². The number of aromatic nitrogens is 3. The number of hydrogen-bond acceptors (Lipinski definition) is 3. The Morgan fingerprint density at radius 1 is 1.11 bits per heavy atom. The lowest BCUT2D eigenvalue weighted by molar-refractivity contribution is 0.0115. The van der Waals surface area contributed by atoms with Crippen LogP contribution in [0.5, 0.6) is 0 Å². The molecule has 6 heteroatoms. The van der Waals surface area contributed by atoms with Crippen LogP contribution in [0.15, 0.2) is 12.1 Å². The van der Waals surface area contributed by atoms with E-state index in [4.69, 9.17) is 28.0 Å². The Kier molecular flexibility index (Phi) is 3.80. The normalized spacial score (nSPS) is 17.6. The maximum Gasteiger partial charge on any atom is 0.137 e. The quantitative estimate of drug-likeness (QED) is 0.790. The molecule has 0 N–H and O–H groups in total. The van der Waals surface area contributed by atoms with Crippen LogP contribution < -0.4 is 4.84 Å². The van der Waals surface area contributed by atoms with Gasteiger partial charge in [0, 0.05) is 0 Å². The van der Waals surface area contributed by atoms with Crippen molar-refractivity contribution in [3.05, 3.63) is 22.2 Å². The monoisotopic (exact) mass is 299 g/mol. The molecule has 1 aromatic heterocycles. The van der Waals surface area contributed by atoms with Gasteiger partial charge in [-0.05, 0) is 43.0 Å². The van der Waals surface area contributed by atoms with Gasteiger partial charge < -0.3 is 4.84 Å². The summed E-state index contributed by atoms with van der Waals surface area (Å²) >= 11 is 12.1. The zero-order valence-electron chi connectivity index (χ0n) is 10.5. The van der Waals surface area contributed by atoms with Gasteiger partial charge in [-0.2, -0.15) is 0 Å². The number of halogens is 2. The second-order valence-electron chi connectivity index (χ2n) is 4.91. The third kappa shape index (κ3) is 2.65. The molecule has 0 bridgehead atoms. The van der Waals surface area contributed by atoms with Crippen LogP contribution in [0.3, 0.4) is 0 Å². The minimum Gasteiger partial charge on any atom is -0.392 e. The summed E-state index contributed by atoms with van der Waals surface area (Å²) in [7, 11) is 0. The molecule has 4 nitrogen and oxygen atoms in total. The van der Waals surface area contributed by atoms with Crippen LogP contribution in [-0.4, -0.2) is 21.3 Å². The van der Waals surface area contributed by atoms with Crippen molar-refractivity contribution in [1.82, 2.24) is 15.2 Å². The van der Waals surface area contributed by atoms with Gasteiger partial charge in [0.25, 0.3) is 0 Å². The van der Waals surface area contributed by atoms with Crippen LogP contribution in [0.1, 0.15) is 38.5 Å². The standard InChI is InChI=1S/C13H15Cl2N3O/c14-10-7-8-11-13(12(10)15)16-17-18(11)19-9-5-3-1-2-4-6-9/h7-9H,1-6H2. The number of benzene rings is 1. The second kappa shape index (κ2) is 5.55. The second-order valence-corrected chi connectivity index (χ2v) is 5.70. The van der Waals surface area contributed by atoms with E-state index in [1.54, 1.807) is 6.07 Å². The lowest BCUT2D eigenvalue weighted by Crippen LogP contribution is -2.25. The molecule has 1 aliphatic carbocycles. The van der Waals surface area contributed by atoms with Crippen LogP contribution in [0.2, 0.25) is 10.0 Å². The average molecular weight is 300 g/mol. The molecule has 0 aliphatic heterocycles. The van der Waals surface area contributed by atoms with Gasteiger partial charge in [0.2, 0.25) is 0 Å². The Morgan fingerprint density at radius 2 is 1.84 bits per heavy atom. The molecular formula is C13H15Cl2N3O. The fourth-order valence-corrected chi connectivity index (χ4v) is 2.83. The predicted molar refractivity (Wildman–Crippen MR) is 75.6 cm³/mol. The van der Waals surface area contributed by atoms with Gasteiger partial charge in [-0.25, -0.2) is 0 Å². The van der Waals surface area contributed by atoms with Gasteiger partial charge in [-0.1, -0.05) is 40.9 Å². The smallest absolute Gasteiger partial charge is 0.137 e. The van der Waals surface area contributed by atoms with Gasteiger partial charge in [0.15, 0.2) is 0 Å². The zero-order chi connectivity index (χ0) is 13.2. The first-order chi connectivity index (χ1) is 9.25. The minimum atomic E-state index is 0.210. The third-order valence-corrected chi connectivity index (χ3v) is 4.33. The Labute approximate surface area is 121 Å². The summed E-state index contributed by atoms with van der Waals surface area (Å²) in [4.78, 5) is 7.40. The van der Waals surface area contributed by atoms with Gasteiger partial charge in [0.1, 0.15) is 17.1 Å². The van der Waals surface area contributed by atoms with Crippen molar-refractivity contribution in [2.24, 2.45) is 0 Å². The molecule has 3 rings (SSSR count). The number of nitrogens with zero attached hydrogens (tertiary/aromatic N) is 3. The number of hydrogen-bond donors (Lipinski definition) is 0. The number of rotatable bonds is 2. The molecule has 102 valence electrons.